The fourth-order valence-electron chi connectivity index (χ4n) is 2.05. The van der Waals surface area contributed by atoms with Crippen LogP contribution in [0.4, 0.5) is 5.69 Å². The van der Waals surface area contributed by atoms with Gasteiger partial charge in [0.1, 0.15) is 4.90 Å². The van der Waals surface area contributed by atoms with Crippen LogP contribution in [0.1, 0.15) is 19.8 Å². The van der Waals surface area contributed by atoms with Crippen molar-refractivity contribution in [3.8, 4) is 0 Å². The lowest BCUT2D eigenvalue weighted by Crippen LogP contribution is -2.34. The first-order chi connectivity index (χ1) is 8.91. The summed E-state index contributed by atoms with van der Waals surface area (Å²) in [4.78, 5) is 4.35. The molecule has 100 valence electrons. The maximum absolute atomic E-state index is 12.4. The number of rotatable bonds is 3. The number of nitrogens with one attached hydrogen (secondary N) is 1. The van der Waals surface area contributed by atoms with E-state index in [2.05, 4.69) is 9.71 Å². The number of anilines is 1. The van der Waals surface area contributed by atoms with Crippen molar-refractivity contribution in [2.24, 2.45) is 0 Å². The van der Waals surface area contributed by atoms with Crippen LogP contribution in [0.3, 0.4) is 0 Å². The van der Waals surface area contributed by atoms with Crippen LogP contribution < -0.4 is 10.5 Å². The highest BCUT2D eigenvalue weighted by molar-refractivity contribution is 7.89. The van der Waals surface area contributed by atoms with Gasteiger partial charge < -0.3 is 5.73 Å². The van der Waals surface area contributed by atoms with Gasteiger partial charge in [-0.15, -0.1) is 0 Å². The Morgan fingerprint density at radius 1 is 1.32 bits per heavy atom. The molecular formula is C13H15N3O2S. The molecule has 0 aliphatic heterocycles. The molecule has 0 spiro atoms. The van der Waals surface area contributed by atoms with Crippen molar-refractivity contribution in [3.63, 3.8) is 0 Å². The second-order valence-electron chi connectivity index (χ2n) is 5.22. The molecule has 3 rings (SSSR count). The van der Waals surface area contributed by atoms with Gasteiger partial charge in [0.15, 0.2) is 0 Å². The first-order valence-electron chi connectivity index (χ1n) is 6.09. The quantitative estimate of drug-likeness (QED) is 0.835. The van der Waals surface area contributed by atoms with Crippen molar-refractivity contribution in [1.29, 1.82) is 0 Å². The third-order valence-corrected chi connectivity index (χ3v) is 5.11. The maximum atomic E-state index is 12.4. The molecule has 0 atom stereocenters. The Hall–Kier alpha value is -1.66. The molecule has 1 aromatic heterocycles. The zero-order valence-corrected chi connectivity index (χ0v) is 11.4. The molecule has 0 saturated heterocycles. The summed E-state index contributed by atoms with van der Waals surface area (Å²) in [5, 5.41) is 0.659. The molecule has 1 heterocycles. The molecule has 19 heavy (non-hydrogen) atoms. The van der Waals surface area contributed by atoms with E-state index in [9.17, 15) is 8.42 Å². The Labute approximate surface area is 111 Å². The van der Waals surface area contributed by atoms with E-state index >= 15 is 0 Å². The Balaban J connectivity index is 2.18. The van der Waals surface area contributed by atoms with Gasteiger partial charge in [-0.05, 0) is 44.0 Å². The second kappa shape index (κ2) is 3.91. The van der Waals surface area contributed by atoms with Crippen LogP contribution in [0.2, 0.25) is 0 Å². The smallest absolute Gasteiger partial charge is 0.243 e. The predicted octanol–water partition coefficient (Wildman–Crippen LogP) is 1.65. The minimum absolute atomic E-state index is 0.186. The molecule has 0 amide bonds. The lowest BCUT2D eigenvalue weighted by molar-refractivity contribution is 0.559. The van der Waals surface area contributed by atoms with Crippen LogP contribution in [-0.2, 0) is 10.0 Å². The largest absolute Gasteiger partial charge is 0.398 e. The molecule has 1 aliphatic rings. The van der Waals surface area contributed by atoms with Crippen LogP contribution in [0.25, 0.3) is 10.9 Å². The number of sulfonamides is 1. The molecular weight excluding hydrogens is 262 g/mol. The number of nitrogen functional groups attached to an aromatic ring is 1. The summed E-state index contributed by atoms with van der Waals surface area (Å²) in [7, 11) is -3.57. The van der Waals surface area contributed by atoms with Crippen molar-refractivity contribution >= 4 is 26.6 Å². The predicted molar refractivity (Wildman–Crippen MR) is 74.1 cm³/mol. The fraction of sp³-hybridized carbons (Fsp3) is 0.308. The Morgan fingerprint density at radius 2 is 2.05 bits per heavy atom. The first kappa shape index (κ1) is 12.4. The normalized spacial score (nSPS) is 17.5. The van der Waals surface area contributed by atoms with Gasteiger partial charge in [-0.3, -0.25) is 4.98 Å². The Morgan fingerprint density at radius 3 is 2.74 bits per heavy atom. The number of nitrogens with two attached hydrogens (primary N) is 1. The minimum Gasteiger partial charge on any atom is -0.398 e. The van der Waals surface area contributed by atoms with Crippen molar-refractivity contribution in [3.05, 3.63) is 30.5 Å². The molecule has 1 fully saturated rings. The van der Waals surface area contributed by atoms with Crippen LogP contribution in [0.5, 0.6) is 0 Å². The topological polar surface area (TPSA) is 85.1 Å². The SMILES string of the molecule is CC1(NS(=O)(=O)c2ccc(N)c3cccnc23)CC1. The number of nitrogens with zero attached hydrogens (tertiary/aromatic N) is 1. The number of fused-ring (bicyclic) bond motifs is 1. The summed E-state index contributed by atoms with van der Waals surface area (Å²) < 4.78 is 27.6. The van der Waals surface area contributed by atoms with Crippen LogP contribution in [-0.4, -0.2) is 18.9 Å². The molecule has 1 aromatic carbocycles. The first-order valence-corrected chi connectivity index (χ1v) is 7.57. The summed E-state index contributed by atoms with van der Waals surface area (Å²) in [6.07, 6.45) is 3.30. The average Bonchev–Trinajstić information content (AvgIpc) is 3.06. The van der Waals surface area contributed by atoms with Crippen LogP contribution >= 0.6 is 0 Å². The maximum Gasteiger partial charge on any atom is 0.243 e. The monoisotopic (exact) mass is 277 g/mol. The van der Waals surface area contributed by atoms with Gasteiger partial charge in [0.05, 0.1) is 5.52 Å². The summed E-state index contributed by atoms with van der Waals surface area (Å²) in [6, 6.07) is 6.63. The van der Waals surface area contributed by atoms with Crippen molar-refractivity contribution in [1.82, 2.24) is 9.71 Å². The summed E-state index contributed by atoms with van der Waals surface area (Å²) in [5.41, 5.74) is 6.49. The molecule has 2 aromatic rings. The number of pyridine rings is 1. The highest BCUT2D eigenvalue weighted by Gasteiger charge is 2.41. The highest BCUT2D eigenvalue weighted by Crippen LogP contribution is 2.36. The Kier molecular flexibility index (Phi) is 2.55. The van der Waals surface area contributed by atoms with Gasteiger partial charge in [0.2, 0.25) is 10.0 Å². The Bertz CT molecular complexity index is 752. The molecule has 6 heteroatoms. The number of benzene rings is 1. The van der Waals surface area contributed by atoms with Crippen molar-refractivity contribution < 1.29 is 8.42 Å². The van der Waals surface area contributed by atoms with Gasteiger partial charge in [-0.2, -0.15) is 0 Å². The molecule has 0 unspecified atom stereocenters. The third-order valence-electron chi connectivity index (χ3n) is 3.44. The minimum atomic E-state index is -3.57. The van der Waals surface area contributed by atoms with Crippen molar-refractivity contribution in [2.75, 3.05) is 5.73 Å². The van der Waals surface area contributed by atoms with Gasteiger partial charge in [-0.25, -0.2) is 13.1 Å². The highest BCUT2D eigenvalue weighted by atomic mass is 32.2. The van der Waals surface area contributed by atoms with E-state index in [0.717, 1.165) is 12.8 Å². The summed E-state index contributed by atoms with van der Waals surface area (Å²) in [6.45, 7) is 1.90. The zero-order chi connectivity index (χ0) is 13.7. The second-order valence-corrected chi connectivity index (χ2v) is 6.87. The van der Waals surface area contributed by atoms with Crippen LogP contribution in [0, 0.1) is 0 Å². The number of hydrogen-bond acceptors (Lipinski definition) is 4. The van der Waals surface area contributed by atoms with Gasteiger partial charge in [0.25, 0.3) is 0 Å². The lowest BCUT2D eigenvalue weighted by atomic mass is 10.2. The van der Waals surface area contributed by atoms with E-state index in [-0.39, 0.29) is 10.4 Å². The van der Waals surface area contributed by atoms with E-state index in [0.29, 0.717) is 16.6 Å². The molecule has 5 nitrogen and oxygen atoms in total. The fourth-order valence-corrected chi connectivity index (χ4v) is 3.68. The standard InChI is InChI=1S/C13H15N3O2S/c1-13(6-7-13)16-19(17,18)11-5-4-10(14)9-3-2-8-15-12(9)11/h2-5,8,16H,6-7,14H2,1H3. The van der Waals surface area contributed by atoms with Crippen molar-refractivity contribution in [2.45, 2.75) is 30.2 Å². The third kappa shape index (κ3) is 2.17. The van der Waals surface area contributed by atoms with E-state index in [1.807, 2.05) is 6.92 Å². The van der Waals surface area contributed by atoms with Crippen LogP contribution in [0.15, 0.2) is 35.4 Å². The molecule has 0 radical (unpaired) electrons. The molecule has 1 saturated carbocycles. The van der Waals surface area contributed by atoms with E-state index in [1.165, 1.54) is 6.07 Å². The zero-order valence-electron chi connectivity index (χ0n) is 10.6. The van der Waals surface area contributed by atoms with E-state index in [1.54, 1.807) is 24.4 Å². The van der Waals surface area contributed by atoms with E-state index in [4.69, 9.17) is 5.73 Å². The number of aromatic nitrogens is 1. The average molecular weight is 277 g/mol. The van der Waals surface area contributed by atoms with Gasteiger partial charge >= 0.3 is 0 Å². The number of hydrogen-bond donors (Lipinski definition) is 2. The molecule has 0 bridgehead atoms. The van der Waals surface area contributed by atoms with Gasteiger partial charge in [-0.1, -0.05) is 0 Å². The summed E-state index contributed by atoms with van der Waals surface area (Å²) >= 11 is 0. The molecule has 1 aliphatic carbocycles. The molecule has 3 N–H and O–H groups in total. The summed E-state index contributed by atoms with van der Waals surface area (Å²) in [5.74, 6) is 0. The van der Waals surface area contributed by atoms with Gasteiger partial charge in [0, 0.05) is 22.8 Å². The van der Waals surface area contributed by atoms with E-state index < -0.39 is 10.0 Å². The lowest BCUT2D eigenvalue weighted by Gasteiger charge is -2.14.